The molecule has 0 radical (unpaired) electrons. The standard InChI is InChI=1S/C27H29F3N6O3/c1-18-23(16-32-33-25(18)37)36-9-3-5-21(36)17-39-22-6-2-4-19(14-22)26(38)35-12-10-34(11-13-35)24-8-7-20(15-31-24)27(28,29)30/h2,4,6-8,14-16,21H,3,5,9-13,17H2,1H3,(H,33,37)/t21-/m0/s1. The number of nitrogens with one attached hydrogen (secondary N) is 1. The maximum atomic E-state index is 13.2. The number of anilines is 2. The Labute approximate surface area is 223 Å². The predicted octanol–water partition coefficient (Wildman–Crippen LogP) is 3.50. The number of piperazine rings is 1. The van der Waals surface area contributed by atoms with Crippen LogP contribution in [0.2, 0.25) is 0 Å². The third-order valence-corrected chi connectivity index (χ3v) is 7.25. The number of aromatic nitrogens is 3. The highest BCUT2D eigenvalue weighted by Crippen LogP contribution is 2.30. The van der Waals surface area contributed by atoms with E-state index in [0.29, 0.717) is 55.5 Å². The highest BCUT2D eigenvalue weighted by molar-refractivity contribution is 5.94. The maximum Gasteiger partial charge on any atom is 0.417 e. The first-order valence-electron chi connectivity index (χ1n) is 12.8. The van der Waals surface area contributed by atoms with Gasteiger partial charge in [0.1, 0.15) is 18.2 Å². The lowest BCUT2D eigenvalue weighted by molar-refractivity contribution is -0.137. The molecule has 0 unspecified atom stereocenters. The van der Waals surface area contributed by atoms with Crippen LogP contribution in [-0.4, -0.2) is 71.4 Å². The number of nitrogens with zero attached hydrogens (tertiary/aromatic N) is 5. The van der Waals surface area contributed by atoms with E-state index in [1.807, 2.05) is 11.0 Å². The minimum atomic E-state index is -4.43. The van der Waals surface area contributed by atoms with Crippen LogP contribution in [0.4, 0.5) is 24.7 Å². The van der Waals surface area contributed by atoms with E-state index in [2.05, 4.69) is 20.1 Å². The Kier molecular flexibility index (Phi) is 7.45. The molecule has 2 aliphatic rings. The van der Waals surface area contributed by atoms with Gasteiger partial charge in [-0.05, 0) is 50.1 Å². The summed E-state index contributed by atoms with van der Waals surface area (Å²) in [7, 11) is 0. The highest BCUT2D eigenvalue weighted by atomic mass is 19.4. The van der Waals surface area contributed by atoms with Crippen LogP contribution in [0.1, 0.15) is 34.3 Å². The van der Waals surface area contributed by atoms with Gasteiger partial charge in [-0.1, -0.05) is 6.07 Å². The lowest BCUT2D eigenvalue weighted by Gasteiger charge is -2.35. The zero-order valence-electron chi connectivity index (χ0n) is 21.4. The van der Waals surface area contributed by atoms with Crippen LogP contribution in [0.15, 0.2) is 53.6 Å². The van der Waals surface area contributed by atoms with Crippen molar-refractivity contribution in [2.24, 2.45) is 0 Å². The van der Waals surface area contributed by atoms with Crippen LogP contribution in [0.3, 0.4) is 0 Å². The molecule has 1 aromatic carbocycles. The van der Waals surface area contributed by atoms with Gasteiger partial charge in [0.05, 0.1) is 23.5 Å². The van der Waals surface area contributed by atoms with Gasteiger partial charge >= 0.3 is 6.18 Å². The molecular weight excluding hydrogens is 513 g/mol. The molecular formula is C27H29F3N6O3. The Morgan fingerprint density at radius 1 is 1.10 bits per heavy atom. The Morgan fingerprint density at radius 3 is 2.62 bits per heavy atom. The number of benzene rings is 1. The summed E-state index contributed by atoms with van der Waals surface area (Å²) in [4.78, 5) is 34.9. The molecule has 0 bridgehead atoms. The molecule has 206 valence electrons. The van der Waals surface area contributed by atoms with Crippen LogP contribution >= 0.6 is 0 Å². The summed E-state index contributed by atoms with van der Waals surface area (Å²) in [6.07, 6.45) is -0.0253. The van der Waals surface area contributed by atoms with Gasteiger partial charge < -0.3 is 19.4 Å². The van der Waals surface area contributed by atoms with Crippen molar-refractivity contribution >= 4 is 17.4 Å². The lowest BCUT2D eigenvalue weighted by atomic mass is 10.1. The van der Waals surface area contributed by atoms with Crippen LogP contribution < -0.4 is 20.1 Å². The third-order valence-electron chi connectivity index (χ3n) is 7.25. The predicted molar refractivity (Wildman–Crippen MR) is 139 cm³/mol. The summed E-state index contributed by atoms with van der Waals surface area (Å²) in [5, 5.41) is 6.40. The number of H-pyrrole nitrogens is 1. The minimum absolute atomic E-state index is 0.0820. The number of hydrogen-bond acceptors (Lipinski definition) is 7. The number of rotatable bonds is 6. The van der Waals surface area contributed by atoms with Crippen molar-refractivity contribution in [3.05, 3.63) is 75.8 Å². The van der Waals surface area contributed by atoms with Crippen molar-refractivity contribution < 1.29 is 22.7 Å². The number of amides is 1. The molecule has 4 heterocycles. The zero-order chi connectivity index (χ0) is 27.6. The van der Waals surface area contributed by atoms with Crippen molar-refractivity contribution in [3.63, 3.8) is 0 Å². The fourth-order valence-corrected chi connectivity index (χ4v) is 5.04. The van der Waals surface area contributed by atoms with Crippen LogP contribution in [0.25, 0.3) is 0 Å². The van der Waals surface area contributed by atoms with Crippen LogP contribution in [0.5, 0.6) is 5.75 Å². The van der Waals surface area contributed by atoms with Gasteiger partial charge in [0.25, 0.3) is 11.5 Å². The molecule has 1 N–H and O–H groups in total. The quantitative estimate of drug-likeness (QED) is 0.510. The van der Waals surface area contributed by atoms with E-state index in [0.717, 1.165) is 37.3 Å². The van der Waals surface area contributed by atoms with Crippen molar-refractivity contribution in [2.75, 3.05) is 49.1 Å². The molecule has 1 amide bonds. The number of carbonyl (C=O) groups is 1. The largest absolute Gasteiger partial charge is 0.491 e. The van der Waals surface area contributed by atoms with Crippen molar-refractivity contribution in [1.29, 1.82) is 0 Å². The number of ether oxygens (including phenoxy) is 1. The van der Waals surface area contributed by atoms with Gasteiger partial charge in [0.15, 0.2) is 0 Å². The van der Waals surface area contributed by atoms with Crippen molar-refractivity contribution in [1.82, 2.24) is 20.1 Å². The van der Waals surface area contributed by atoms with E-state index in [9.17, 15) is 22.8 Å². The average molecular weight is 543 g/mol. The Bertz CT molecular complexity index is 1370. The summed E-state index contributed by atoms with van der Waals surface area (Å²) >= 11 is 0. The SMILES string of the molecule is Cc1c(N2CCC[C@H]2COc2cccc(C(=O)N3CCN(c4ccc(C(F)(F)F)cn4)CC3)c2)cn[nH]c1=O. The molecule has 5 rings (SSSR count). The maximum absolute atomic E-state index is 13.2. The Hall–Kier alpha value is -4.09. The molecule has 2 aliphatic heterocycles. The molecule has 1 atom stereocenters. The molecule has 12 heteroatoms. The number of carbonyl (C=O) groups excluding carboxylic acids is 1. The van der Waals surface area contributed by atoms with Crippen molar-refractivity contribution in [2.45, 2.75) is 32.0 Å². The monoisotopic (exact) mass is 542 g/mol. The number of pyridine rings is 1. The Morgan fingerprint density at radius 2 is 1.90 bits per heavy atom. The molecule has 2 fully saturated rings. The number of halogens is 3. The van der Waals surface area contributed by atoms with E-state index in [-0.39, 0.29) is 17.5 Å². The second-order valence-electron chi connectivity index (χ2n) is 9.72. The molecule has 0 saturated carbocycles. The van der Waals surface area contributed by atoms with E-state index < -0.39 is 11.7 Å². The van der Waals surface area contributed by atoms with E-state index in [4.69, 9.17) is 4.74 Å². The summed E-state index contributed by atoms with van der Waals surface area (Å²) in [5.74, 6) is 0.909. The van der Waals surface area contributed by atoms with Gasteiger partial charge in [0.2, 0.25) is 0 Å². The van der Waals surface area contributed by atoms with Gasteiger partial charge in [-0.25, -0.2) is 10.1 Å². The van der Waals surface area contributed by atoms with E-state index >= 15 is 0 Å². The fraction of sp³-hybridized carbons (Fsp3) is 0.407. The number of hydrogen-bond donors (Lipinski definition) is 1. The molecule has 0 aliphatic carbocycles. The Balaban J connectivity index is 1.17. The van der Waals surface area contributed by atoms with Crippen LogP contribution in [-0.2, 0) is 6.18 Å². The van der Waals surface area contributed by atoms with Gasteiger partial charge in [-0.3, -0.25) is 9.59 Å². The number of aromatic amines is 1. The van der Waals surface area contributed by atoms with Crippen molar-refractivity contribution in [3.8, 4) is 5.75 Å². The molecule has 39 heavy (non-hydrogen) atoms. The average Bonchev–Trinajstić information content (AvgIpc) is 3.41. The summed E-state index contributed by atoms with van der Waals surface area (Å²) in [6.45, 7) is 4.78. The van der Waals surface area contributed by atoms with E-state index in [1.54, 1.807) is 36.2 Å². The summed E-state index contributed by atoms with van der Waals surface area (Å²) < 4.78 is 44.5. The van der Waals surface area contributed by atoms with Gasteiger partial charge in [0, 0.05) is 50.0 Å². The first kappa shape index (κ1) is 26.5. The smallest absolute Gasteiger partial charge is 0.417 e. The first-order valence-corrected chi connectivity index (χ1v) is 12.8. The topological polar surface area (TPSA) is 94.7 Å². The first-order chi connectivity index (χ1) is 18.7. The molecule has 3 aromatic rings. The normalized spacial score (nSPS) is 17.9. The lowest BCUT2D eigenvalue weighted by Crippen LogP contribution is -2.49. The zero-order valence-corrected chi connectivity index (χ0v) is 21.4. The summed E-state index contributed by atoms with van der Waals surface area (Å²) in [5.41, 5.74) is 0.941. The second kappa shape index (κ2) is 11.0. The van der Waals surface area contributed by atoms with E-state index in [1.165, 1.54) is 6.07 Å². The molecule has 2 aromatic heterocycles. The molecule has 9 nitrogen and oxygen atoms in total. The van der Waals surface area contributed by atoms with Gasteiger partial charge in [-0.15, -0.1) is 0 Å². The molecule has 0 spiro atoms. The third kappa shape index (κ3) is 5.84. The molecule has 2 saturated heterocycles. The highest BCUT2D eigenvalue weighted by Gasteiger charge is 2.31. The minimum Gasteiger partial charge on any atom is -0.491 e. The number of alkyl halides is 3. The second-order valence-corrected chi connectivity index (χ2v) is 9.72. The fourth-order valence-electron chi connectivity index (χ4n) is 5.04. The van der Waals surface area contributed by atoms with Gasteiger partial charge in [-0.2, -0.15) is 18.3 Å². The summed E-state index contributed by atoms with van der Waals surface area (Å²) in [6, 6.07) is 9.52. The van der Waals surface area contributed by atoms with Crippen LogP contribution in [0, 0.1) is 6.92 Å².